The molecule has 1 aromatic heterocycles. The van der Waals surface area contributed by atoms with Crippen molar-refractivity contribution in [3.05, 3.63) is 52.8 Å². The lowest BCUT2D eigenvalue weighted by Crippen LogP contribution is -2.01. The summed E-state index contributed by atoms with van der Waals surface area (Å²) in [5, 5.41) is 0. The number of hydrogen-bond acceptors (Lipinski definition) is 3. The number of para-hydroxylation sites is 1. The summed E-state index contributed by atoms with van der Waals surface area (Å²) in [7, 11) is 3.33. The molecule has 0 aliphatic rings. The first-order valence-electron chi connectivity index (χ1n) is 6.61. The average molecular weight is 300 g/mol. The van der Waals surface area contributed by atoms with Crippen LogP contribution in [0.25, 0.3) is 11.0 Å². The van der Waals surface area contributed by atoms with E-state index >= 15 is 0 Å². The normalized spacial score (nSPS) is 10.8. The molecule has 4 nitrogen and oxygen atoms in total. The number of aromatic amines is 1. The van der Waals surface area contributed by atoms with E-state index in [4.69, 9.17) is 21.7 Å². The third-order valence-electron chi connectivity index (χ3n) is 3.50. The number of ether oxygens (including phenoxy) is 2. The Bertz CT molecular complexity index is 836. The Kier molecular flexibility index (Phi) is 3.66. The van der Waals surface area contributed by atoms with E-state index in [0.29, 0.717) is 11.3 Å². The van der Waals surface area contributed by atoms with E-state index in [9.17, 15) is 0 Å². The number of rotatable bonds is 4. The minimum Gasteiger partial charge on any atom is -0.497 e. The molecule has 0 bridgehead atoms. The third kappa shape index (κ3) is 2.52. The van der Waals surface area contributed by atoms with Gasteiger partial charge in [-0.1, -0.05) is 18.2 Å². The molecular weight excluding hydrogens is 284 g/mol. The molecular formula is C16H16N2O2S. The number of H-pyrrole nitrogens is 1. The summed E-state index contributed by atoms with van der Waals surface area (Å²) >= 11 is 5.44. The van der Waals surface area contributed by atoms with Crippen molar-refractivity contribution in [2.24, 2.45) is 0 Å². The molecule has 0 aliphatic carbocycles. The molecule has 3 rings (SSSR count). The number of nitrogens with one attached hydrogen (secondary N) is 1. The Morgan fingerprint density at radius 1 is 1.10 bits per heavy atom. The van der Waals surface area contributed by atoms with Crippen LogP contribution in [-0.4, -0.2) is 23.8 Å². The van der Waals surface area contributed by atoms with Gasteiger partial charge in [-0.05, 0) is 30.4 Å². The standard InChI is InChI=1S/C16H16N2O2S/c1-19-12-7-8-14-13(9-12)17-16(21)18(14)10-11-5-3-4-6-15(11)20-2/h3-9H,10H2,1-2H3,(H,17,21). The van der Waals surface area contributed by atoms with E-state index in [1.807, 2.05) is 42.5 Å². The second-order valence-electron chi connectivity index (χ2n) is 4.71. The highest BCUT2D eigenvalue weighted by Gasteiger charge is 2.09. The Balaban J connectivity index is 2.08. The summed E-state index contributed by atoms with van der Waals surface area (Å²) in [5.41, 5.74) is 3.11. The Morgan fingerprint density at radius 2 is 1.90 bits per heavy atom. The predicted molar refractivity (Wildman–Crippen MR) is 85.8 cm³/mol. The molecule has 0 fully saturated rings. The highest BCUT2D eigenvalue weighted by molar-refractivity contribution is 7.71. The third-order valence-corrected chi connectivity index (χ3v) is 3.82. The molecule has 1 N–H and O–H groups in total. The average Bonchev–Trinajstić information content (AvgIpc) is 2.83. The van der Waals surface area contributed by atoms with Crippen LogP contribution in [0.3, 0.4) is 0 Å². The SMILES string of the molecule is COc1ccc2c(c1)[nH]c(=S)n2Cc1ccccc1OC. The van der Waals surface area contributed by atoms with Gasteiger partial charge in [0, 0.05) is 11.6 Å². The summed E-state index contributed by atoms with van der Waals surface area (Å²) in [5.74, 6) is 1.67. The summed E-state index contributed by atoms with van der Waals surface area (Å²) in [6.45, 7) is 0.662. The number of imidazole rings is 1. The molecule has 0 unspecified atom stereocenters. The summed E-state index contributed by atoms with van der Waals surface area (Å²) in [6.07, 6.45) is 0. The van der Waals surface area contributed by atoms with E-state index in [1.165, 1.54) is 0 Å². The van der Waals surface area contributed by atoms with Crippen LogP contribution in [0.5, 0.6) is 11.5 Å². The van der Waals surface area contributed by atoms with Crippen LogP contribution >= 0.6 is 12.2 Å². The van der Waals surface area contributed by atoms with Crippen LogP contribution in [0, 0.1) is 4.77 Å². The number of hydrogen-bond donors (Lipinski definition) is 1. The van der Waals surface area contributed by atoms with Crippen molar-refractivity contribution >= 4 is 23.3 Å². The lowest BCUT2D eigenvalue weighted by Gasteiger charge is -2.09. The van der Waals surface area contributed by atoms with Gasteiger partial charge in [-0.3, -0.25) is 0 Å². The van der Waals surface area contributed by atoms with Crippen molar-refractivity contribution in [2.45, 2.75) is 6.54 Å². The number of methoxy groups -OCH3 is 2. The summed E-state index contributed by atoms with van der Waals surface area (Å²) in [6, 6.07) is 13.9. The van der Waals surface area contributed by atoms with Crippen molar-refractivity contribution < 1.29 is 9.47 Å². The monoisotopic (exact) mass is 300 g/mol. The fraction of sp³-hybridized carbons (Fsp3) is 0.188. The fourth-order valence-electron chi connectivity index (χ4n) is 2.43. The number of nitrogens with zero attached hydrogens (tertiary/aromatic N) is 1. The largest absolute Gasteiger partial charge is 0.497 e. The first kappa shape index (κ1) is 13.7. The van der Waals surface area contributed by atoms with Crippen LogP contribution in [0.4, 0.5) is 0 Å². The molecule has 3 aromatic rings. The molecule has 0 atom stereocenters. The fourth-order valence-corrected chi connectivity index (χ4v) is 2.70. The maximum absolute atomic E-state index is 5.44. The summed E-state index contributed by atoms with van der Waals surface area (Å²) in [4.78, 5) is 3.22. The van der Waals surface area contributed by atoms with Crippen molar-refractivity contribution in [3.8, 4) is 11.5 Å². The van der Waals surface area contributed by atoms with Crippen LogP contribution in [0.1, 0.15) is 5.56 Å². The Labute approximate surface area is 127 Å². The Morgan fingerprint density at radius 3 is 2.67 bits per heavy atom. The minimum absolute atomic E-state index is 0.662. The van der Waals surface area contributed by atoms with Crippen LogP contribution in [0.15, 0.2) is 42.5 Å². The predicted octanol–water partition coefficient (Wildman–Crippen LogP) is 3.76. The molecule has 5 heteroatoms. The second kappa shape index (κ2) is 5.61. The van der Waals surface area contributed by atoms with Gasteiger partial charge in [0.1, 0.15) is 11.5 Å². The van der Waals surface area contributed by atoms with Crippen molar-refractivity contribution in [1.29, 1.82) is 0 Å². The topological polar surface area (TPSA) is 39.2 Å². The molecule has 0 radical (unpaired) electrons. The zero-order valence-corrected chi connectivity index (χ0v) is 12.7. The molecule has 108 valence electrons. The highest BCUT2D eigenvalue weighted by Crippen LogP contribution is 2.24. The molecule has 0 aliphatic heterocycles. The molecule has 0 saturated heterocycles. The maximum Gasteiger partial charge on any atom is 0.178 e. The van der Waals surface area contributed by atoms with Crippen LogP contribution < -0.4 is 9.47 Å². The van der Waals surface area contributed by atoms with Crippen molar-refractivity contribution in [3.63, 3.8) is 0 Å². The van der Waals surface area contributed by atoms with Gasteiger partial charge in [-0.15, -0.1) is 0 Å². The van der Waals surface area contributed by atoms with Gasteiger partial charge in [0.15, 0.2) is 4.77 Å². The first-order chi connectivity index (χ1) is 10.2. The highest BCUT2D eigenvalue weighted by atomic mass is 32.1. The quantitative estimate of drug-likeness (QED) is 0.746. The van der Waals surface area contributed by atoms with Crippen molar-refractivity contribution in [2.75, 3.05) is 14.2 Å². The minimum atomic E-state index is 0.662. The van der Waals surface area contributed by atoms with E-state index in [-0.39, 0.29) is 0 Å². The smallest absolute Gasteiger partial charge is 0.178 e. The van der Waals surface area contributed by atoms with E-state index in [0.717, 1.165) is 28.1 Å². The van der Waals surface area contributed by atoms with E-state index in [2.05, 4.69) is 9.55 Å². The van der Waals surface area contributed by atoms with Gasteiger partial charge >= 0.3 is 0 Å². The lowest BCUT2D eigenvalue weighted by atomic mass is 10.2. The Hall–Kier alpha value is -2.27. The van der Waals surface area contributed by atoms with E-state index < -0.39 is 0 Å². The zero-order valence-electron chi connectivity index (χ0n) is 11.9. The lowest BCUT2D eigenvalue weighted by molar-refractivity contribution is 0.408. The molecule has 2 aromatic carbocycles. The van der Waals surface area contributed by atoms with Crippen LogP contribution in [-0.2, 0) is 6.54 Å². The van der Waals surface area contributed by atoms with Crippen LogP contribution in [0.2, 0.25) is 0 Å². The number of fused-ring (bicyclic) bond motifs is 1. The molecule has 0 amide bonds. The van der Waals surface area contributed by atoms with Gasteiger partial charge in [0.2, 0.25) is 0 Å². The molecule has 0 saturated carbocycles. The second-order valence-corrected chi connectivity index (χ2v) is 5.10. The van der Waals surface area contributed by atoms with Gasteiger partial charge < -0.3 is 19.0 Å². The van der Waals surface area contributed by atoms with Gasteiger partial charge in [-0.25, -0.2) is 0 Å². The number of aromatic nitrogens is 2. The molecule has 1 heterocycles. The molecule has 21 heavy (non-hydrogen) atoms. The number of benzene rings is 2. The van der Waals surface area contributed by atoms with Gasteiger partial charge in [0.25, 0.3) is 0 Å². The first-order valence-corrected chi connectivity index (χ1v) is 7.02. The van der Waals surface area contributed by atoms with Gasteiger partial charge in [-0.2, -0.15) is 0 Å². The van der Waals surface area contributed by atoms with Crippen molar-refractivity contribution in [1.82, 2.24) is 9.55 Å². The molecule has 0 spiro atoms. The summed E-state index contributed by atoms with van der Waals surface area (Å²) < 4.78 is 13.4. The zero-order chi connectivity index (χ0) is 14.8. The van der Waals surface area contributed by atoms with E-state index in [1.54, 1.807) is 14.2 Å². The maximum atomic E-state index is 5.44. The van der Waals surface area contributed by atoms with Gasteiger partial charge in [0.05, 0.1) is 31.8 Å².